The van der Waals surface area contributed by atoms with E-state index >= 15 is 0 Å². The number of sulfone groups is 1. The number of hydrogen-bond donors (Lipinski definition) is 1. The van der Waals surface area contributed by atoms with E-state index in [9.17, 15) is 8.42 Å². The summed E-state index contributed by atoms with van der Waals surface area (Å²) >= 11 is 0. The van der Waals surface area contributed by atoms with E-state index in [2.05, 4.69) is 39.8 Å². The van der Waals surface area contributed by atoms with Crippen molar-refractivity contribution < 1.29 is 8.42 Å². The lowest BCUT2D eigenvalue weighted by molar-refractivity contribution is 0.568. The summed E-state index contributed by atoms with van der Waals surface area (Å²) in [6.07, 6.45) is 1.25. The normalized spacial score (nSPS) is 15.7. The number of benzene rings is 1. The van der Waals surface area contributed by atoms with Gasteiger partial charge in [0.1, 0.15) is 0 Å². The van der Waals surface area contributed by atoms with Crippen LogP contribution in [0.5, 0.6) is 0 Å². The Balaban J connectivity index is 3.31. The fourth-order valence-corrected chi connectivity index (χ4v) is 2.95. The van der Waals surface area contributed by atoms with Crippen molar-refractivity contribution in [1.29, 1.82) is 0 Å². The van der Waals surface area contributed by atoms with E-state index in [0.29, 0.717) is 11.8 Å². The Morgan fingerprint density at radius 1 is 0.950 bits per heavy atom. The molecule has 0 radical (unpaired) electrons. The van der Waals surface area contributed by atoms with Crippen LogP contribution in [-0.4, -0.2) is 19.9 Å². The smallest absolute Gasteiger partial charge is 0.151 e. The first kappa shape index (κ1) is 17.2. The molecule has 0 aromatic heterocycles. The summed E-state index contributed by atoms with van der Waals surface area (Å²) in [4.78, 5) is 0. The molecule has 2 unspecified atom stereocenters. The Labute approximate surface area is 123 Å². The van der Waals surface area contributed by atoms with Crippen LogP contribution in [0.25, 0.3) is 0 Å². The summed E-state index contributed by atoms with van der Waals surface area (Å²) in [5.41, 5.74) is 9.57. The van der Waals surface area contributed by atoms with Gasteiger partial charge in [-0.1, -0.05) is 45.9 Å². The maximum atomic E-state index is 11.7. The number of hydrogen-bond acceptors (Lipinski definition) is 3. The predicted octanol–water partition coefficient (Wildman–Crippen LogP) is 3.37. The zero-order chi connectivity index (χ0) is 15.7. The van der Waals surface area contributed by atoms with Crippen LogP contribution < -0.4 is 5.73 Å². The molecule has 0 amide bonds. The van der Waals surface area contributed by atoms with E-state index in [1.807, 2.05) is 6.07 Å². The third-order valence-electron chi connectivity index (χ3n) is 3.94. The van der Waals surface area contributed by atoms with Gasteiger partial charge in [-0.2, -0.15) is 0 Å². The molecule has 0 heterocycles. The molecule has 2 atom stereocenters. The Hall–Kier alpha value is -0.870. The first-order valence-electron chi connectivity index (χ1n) is 7.13. The average Bonchev–Trinajstić information content (AvgIpc) is 2.34. The Morgan fingerprint density at radius 3 is 1.90 bits per heavy atom. The van der Waals surface area contributed by atoms with Crippen LogP contribution in [0.4, 0.5) is 0 Å². The van der Waals surface area contributed by atoms with Crippen LogP contribution in [0.15, 0.2) is 18.2 Å². The summed E-state index contributed by atoms with van der Waals surface area (Å²) in [6, 6.07) is 5.74. The molecule has 114 valence electrons. The quantitative estimate of drug-likeness (QED) is 0.906. The molecular weight excluding hydrogens is 270 g/mol. The van der Waals surface area contributed by atoms with Gasteiger partial charge >= 0.3 is 0 Å². The SMILES string of the molecule is CC(C)c1ccc(C(N)C(C)S(C)(=O)=O)c(C(C)C)c1. The highest BCUT2D eigenvalue weighted by Gasteiger charge is 2.26. The third-order valence-corrected chi connectivity index (χ3v) is 5.58. The van der Waals surface area contributed by atoms with E-state index in [0.717, 1.165) is 11.1 Å². The minimum atomic E-state index is -3.14. The van der Waals surface area contributed by atoms with Gasteiger partial charge in [-0.25, -0.2) is 8.42 Å². The maximum Gasteiger partial charge on any atom is 0.151 e. The van der Waals surface area contributed by atoms with Crippen molar-refractivity contribution in [3.05, 3.63) is 34.9 Å². The molecule has 0 saturated heterocycles. The third kappa shape index (κ3) is 3.83. The Kier molecular flexibility index (Phi) is 5.39. The summed E-state index contributed by atoms with van der Waals surface area (Å²) in [6.45, 7) is 10.2. The Morgan fingerprint density at radius 2 is 1.50 bits per heavy atom. The molecule has 3 nitrogen and oxygen atoms in total. The molecule has 0 saturated carbocycles. The molecular formula is C16H27NO2S. The van der Waals surface area contributed by atoms with E-state index < -0.39 is 21.1 Å². The monoisotopic (exact) mass is 297 g/mol. The molecule has 1 rings (SSSR count). The van der Waals surface area contributed by atoms with Gasteiger partial charge in [0.15, 0.2) is 9.84 Å². The van der Waals surface area contributed by atoms with Gasteiger partial charge in [-0.05, 0) is 35.4 Å². The van der Waals surface area contributed by atoms with Crippen molar-refractivity contribution in [3.8, 4) is 0 Å². The highest BCUT2D eigenvalue weighted by atomic mass is 32.2. The zero-order valence-electron chi connectivity index (χ0n) is 13.3. The van der Waals surface area contributed by atoms with Crippen molar-refractivity contribution in [2.24, 2.45) is 5.73 Å². The molecule has 0 bridgehead atoms. The lowest BCUT2D eigenvalue weighted by Crippen LogP contribution is -2.31. The summed E-state index contributed by atoms with van der Waals surface area (Å²) in [5.74, 6) is 0.770. The molecule has 0 aliphatic rings. The average molecular weight is 297 g/mol. The second-order valence-corrected chi connectivity index (χ2v) is 8.66. The Bertz CT molecular complexity index is 562. The number of nitrogens with two attached hydrogens (primary N) is 1. The molecule has 0 spiro atoms. The molecule has 0 aliphatic heterocycles. The van der Waals surface area contributed by atoms with Crippen molar-refractivity contribution in [2.45, 2.75) is 57.7 Å². The van der Waals surface area contributed by atoms with Crippen molar-refractivity contribution in [2.75, 3.05) is 6.26 Å². The predicted molar refractivity (Wildman–Crippen MR) is 85.9 cm³/mol. The van der Waals surface area contributed by atoms with Gasteiger partial charge < -0.3 is 5.73 Å². The minimum absolute atomic E-state index is 0.321. The fraction of sp³-hybridized carbons (Fsp3) is 0.625. The minimum Gasteiger partial charge on any atom is -0.323 e. The summed E-state index contributed by atoms with van der Waals surface area (Å²) < 4.78 is 23.4. The van der Waals surface area contributed by atoms with E-state index in [1.54, 1.807) is 6.92 Å². The van der Waals surface area contributed by atoms with E-state index in [-0.39, 0.29) is 0 Å². The van der Waals surface area contributed by atoms with Gasteiger partial charge in [0.2, 0.25) is 0 Å². The van der Waals surface area contributed by atoms with Crippen LogP contribution in [0.3, 0.4) is 0 Å². The first-order valence-corrected chi connectivity index (χ1v) is 9.09. The van der Waals surface area contributed by atoms with Gasteiger partial charge in [0.25, 0.3) is 0 Å². The van der Waals surface area contributed by atoms with Crippen LogP contribution in [0, 0.1) is 0 Å². The highest BCUT2D eigenvalue weighted by Crippen LogP contribution is 2.30. The van der Waals surface area contributed by atoms with Crippen LogP contribution in [-0.2, 0) is 9.84 Å². The first-order chi connectivity index (χ1) is 9.05. The topological polar surface area (TPSA) is 60.2 Å². The standard InChI is InChI=1S/C16H27NO2S/c1-10(2)13-7-8-14(15(9-13)11(3)4)16(17)12(5)20(6,18)19/h7-12,16H,17H2,1-6H3. The van der Waals surface area contributed by atoms with Gasteiger partial charge in [-0.3, -0.25) is 0 Å². The lowest BCUT2D eigenvalue weighted by Gasteiger charge is -2.24. The van der Waals surface area contributed by atoms with Crippen molar-refractivity contribution >= 4 is 9.84 Å². The van der Waals surface area contributed by atoms with Crippen LogP contribution >= 0.6 is 0 Å². The molecule has 20 heavy (non-hydrogen) atoms. The van der Waals surface area contributed by atoms with E-state index in [1.165, 1.54) is 11.8 Å². The van der Waals surface area contributed by atoms with Gasteiger partial charge in [-0.15, -0.1) is 0 Å². The number of rotatable bonds is 5. The molecule has 2 N–H and O–H groups in total. The van der Waals surface area contributed by atoms with Crippen molar-refractivity contribution in [3.63, 3.8) is 0 Å². The molecule has 1 aromatic rings. The maximum absolute atomic E-state index is 11.7. The second-order valence-electron chi connectivity index (χ2n) is 6.26. The second kappa shape index (κ2) is 6.27. The summed E-state index contributed by atoms with van der Waals surface area (Å²) in [5, 5.41) is -0.579. The highest BCUT2D eigenvalue weighted by molar-refractivity contribution is 7.91. The van der Waals surface area contributed by atoms with Crippen molar-refractivity contribution in [1.82, 2.24) is 0 Å². The summed E-state index contributed by atoms with van der Waals surface area (Å²) in [7, 11) is -3.14. The molecule has 0 fully saturated rings. The fourth-order valence-electron chi connectivity index (χ4n) is 2.28. The van der Waals surface area contributed by atoms with Gasteiger partial charge in [0, 0.05) is 12.3 Å². The zero-order valence-corrected chi connectivity index (χ0v) is 14.2. The lowest BCUT2D eigenvalue weighted by atomic mass is 9.88. The molecule has 1 aromatic carbocycles. The van der Waals surface area contributed by atoms with Crippen LogP contribution in [0.1, 0.15) is 69.2 Å². The van der Waals surface area contributed by atoms with Crippen LogP contribution in [0.2, 0.25) is 0 Å². The molecule has 0 aliphatic carbocycles. The largest absolute Gasteiger partial charge is 0.323 e. The molecule has 4 heteroatoms. The van der Waals surface area contributed by atoms with E-state index in [4.69, 9.17) is 5.73 Å². The van der Waals surface area contributed by atoms with Gasteiger partial charge in [0.05, 0.1) is 5.25 Å².